The molecule has 0 aliphatic carbocycles. The summed E-state index contributed by atoms with van der Waals surface area (Å²) in [5, 5.41) is 12.2. The zero-order chi connectivity index (χ0) is 17.7. The molecule has 24 heavy (non-hydrogen) atoms. The maximum absolute atomic E-state index is 12.7. The molecular weight excluding hydrogens is 308 g/mol. The van der Waals surface area contributed by atoms with Crippen molar-refractivity contribution in [2.45, 2.75) is 39.2 Å². The van der Waals surface area contributed by atoms with Gasteiger partial charge in [-0.1, -0.05) is 19.9 Å². The van der Waals surface area contributed by atoms with E-state index in [4.69, 9.17) is 0 Å². The summed E-state index contributed by atoms with van der Waals surface area (Å²) in [6.07, 6.45) is 2.07. The summed E-state index contributed by atoms with van der Waals surface area (Å²) in [5.41, 5.74) is 0.756. The number of likely N-dealkylation sites (tertiary alicyclic amines) is 1. The number of aliphatic carboxylic acids is 1. The molecule has 1 saturated heterocycles. The number of piperidine rings is 1. The molecule has 1 aromatic carbocycles. The molecule has 1 aliphatic rings. The number of hydrogen-bond acceptors (Lipinski definition) is 3. The number of nitrogens with zero attached hydrogens (tertiary/aromatic N) is 1. The third kappa shape index (κ3) is 4.13. The van der Waals surface area contributed by atoms with E-state index in [2.05, 4.69) is 5.32 Å². The Hall–Kier alpha value is -2.37. The first-order valence-electron chi connectivity index (χ1n) is 8.36. The van der Waals surface area contributed by atoms with Crippen molar-refractivity contribution in [3.05, 3.63) is 35.4 Å². The van der Waals surface area contributed by atoms with Crippen LogP contribution in [0.5, 0.6) is 0 Å². The minimum Gasteiger partial charge on any atom is -0.480 e. The molecule has 6 heteroatoms. The maximum atomic E-state index is 12.7. The Morgan fingerprint density at radius 1 is 1.29 bits per heavy atom. The number of benzene rings is 1. The lowest BCUT2D eigenvalue weighted by atomic mass is 9.91. The molecule has 0 aromatic heterocycles. The van der Waals surface area contributed by atoms with Crippen molar-refractivity contribution in [1.29, 1.82) is 0 Å². The van der Waals surface area contributed by atoms with Crippen molar-refractivity contribution >= 4 is 17.8 Å². The highest BCUT2D eigenvalue weighted by molar-refractivity contribution is 6.00. The van der Waals surface area contributed by atoms with Crippen LogP contribution in [0.15, 0.2) is 24.3 Å². The fraction of sp³-hybridized carbons (Fsp3) is 0.500. The van der Waals surface area contributed by atoms with Crippen molar-refractivity contribution in [2.75, 3.05) is 13.1 Å². The van der Waals surface area contributed by atoms with Gasteiger partial charge in [0.05, 0.1) is 0 Å². The normalized spacial score (nSPS) is 20.5. The summed E-state index contributed by atoms with van der Waals surface area (Å²) in [7, 11) is 0. The quantitative estimate of drug-likeness (QED) is 0.865. The van der Waals surface area contributed by atoms with E-state index in [1.807, 2.05) is 13.8 Å². The molecule has 0 radical (unpaired) electrons. The molecule has 2 N–H and O–H groups in total. The molecular formula is C18H24N2O4. The Morgan fingerprint density at radius 2 is 2.00 bits per heavy atom. The van der Waals surface area contributed by atoms with Crippen molar-refractivity contribution in [2.24, 2.45) is 5.92 Å². The van der Waals surface area contributed by atoms with E-state index in [0.29, 0.717) is 30.6 Å². The SMILES string of the molecule is CCCNC(=O)c1cccc(C(=O)N2CCC(C)CC2C(=O)O)c1. The Bertz CT molecular complexity index is 629. The van der Waals surface area contributed by atoms with Crippen LogP contribution in [0, 0.1) is 5.92 Å². The molecule has 1 heterocycles. The maximum Gasteiger partial charge on any atom is 0.326 e. The second kappa shape index (κ2) is 7.95. The first-order valence-corrected chi connectivity index (χ1v) is 8.36. The van der Waals surface area contributed by atoms with E-state index in [0.717, 1.165) is 12.8 Å². The minimum atomic E-state index is -0.980. The summed E-state index contributed by atoms with van der Waals surface area (Å²) < 4.78 is 0. The van der Waals surface area contributed by atoms with Gasteiger partial charge in [0, 0.05) is 24.2 Å². The average molecular weight is 332 g/mol. The first-order chi connectivity index (χ1) is 11.4. The number of hydrogen-bond donors (Lipinski definition) is 2. The third-order valence-corrected chi connectivity index (χ3v) is 4.32. The second-order valence-electron chi connectivity index (χ2n) is 6.32. The number of carbonyl (C=O) groups is 3. The van der Waals surface area contributed by atoms with Crippen LogP contribution in [0.25, 0.3) is 0 Å². The number of rotatable bonds is 5. The number of carbonyl (C=O) groups excluding carboxylic acids is 2. The van der Waals surface area contributed by atoms with E-state index in [-0.39, 0.29) is 17.7 Å². The van der Waals surface area contributed by atoms with E-state index >= 15 is 0 Å². The van der Waals surface area contributed by atoms with Crippen molar-refractivity contribution in [1.82, 2.24) is 10.2 Å². The molecule has 0 bridgehead atoms. The van der Waals surface area contributed by atoms with Crippen LogP contribution in [-0.4, -0.2) is 46.9 Å². The molecule has 2 atom stereocenters. The van der Waals surface area contributed by atoms with Crippen molar-refractivity contribution in [3.8, 4) is 0 Å². The third-order valence-electron chi connectivity index (χ3n) is 4.32. The van der Waals surface area contributed by atoms with Crippen LogP contribution < -0.4 is 5.32 Å². The number of amides is 2. The van der Waals surface area contributed by atoms with Crippen LogP contribution >= 0.6 is 0 Å². The van der Waals surface area contributed by atoms with Gasteiger partial charge in [-0.25, -0.2) is 4.79 Å². The number of carboxylic acids is 1. The molecule has 2 unspecified atom stereocenters. The van der Waals surface area contributed by atoms with Gasteiger partial charge in [0.2, 0.25) is 0 Å². The Balaban J connectivity index is 2.19. The fourth-order valence-corrected chi connectivity index (χ4v) is 2.92. The smallest absolute Gasteiger partial charge is 0.326 e. The van der Waals surface area contributed by atoms with Gasteiger partial charge in [0.15, 0.2) is 0 Å². The topological polar surface area (TPSA) is 86.7 Å². The van der Waals surface area contributed by atoms with E-state index in [9.17, 15) is 19.5 Å². The highest BCUT2D eigenvalue weighted by atomic mass is 16.4. The Labute approximate surface area is 141 Å². The molecule has 2 amide bonds. The molecule has 1 fully saturated rings. The highest BCUT2D eigenvalue weighted by Crippen LogP contribution is 2.24. The van der Waals surface area contributed by atoms with Crippen LogP contribution in [0.3, 0.4) is 0 Å². The highest BCUT2D eigenvalue weighted by Gasteiger charge is 2.35. The largest absolute Gasteiger partial charge is 0.480 e. The lowest BCUT2D eigenvalue weighted by Crippen LogP contribution is -2.49. The number of nitrogens with one attached hydrogen (secondary N) is 1. The Kier molecular flexibility index (Phi) is 5.95. The number of carboxylic acid groups (broad SMARTS) is 1. The van der Waals surface area contributed by atoms with E-state index in [1.54, 1.807) is 18.2 Å². The predicted octanol–water partition coefficient (Wildman–Crippen LogP) is 2.15. The molecule has 1 aromatic rings. The van der Waals surface area contributed by atoms with Gasteiger partial charge in [-0.05, 0) is 43.4 Å². The molecule has 1 aliphatic heterocycles. The van der Waals surface area contributed by atoms with Gasteiger partial charge >= 0.3 is 5.97 Å². The van der Waals surface area contributed by atoms with Gasteiger partial charge in [0.25, 0.3) is 11.8 Å². The van der Waals surface area contributed by atoms with E-state index in [1.165, 1.54) is 11.0 Å². The molecule has 0 spiro atoms. The van der Waals surface area contributed by atoms with Gasteiger partial charge in [-0.3, -0.25) is 9.59 Å². The van der Waals surface area contributed by atoms with E-state index < -0.39 is 12.0 Å². The lowest BCUT2D eigenvalue weighted by Gasteiger charge is -2.36. The molecule has 0 saturated carbocycles. The molecule has 2 rings (SSSR count). The van der Waals surface area contributed by atoms with Crippen LogP contribution in [0.2, 0.25) is 0 Å². The van der Waals surface area contributed by atoms with Crippen molar-refractivity contribution in [3.63, 3.8) is 0 Å². The first kappa shape index (κ1) is 18.0. The second-order valence-corrected chi connectivity index (χ2v) is 6.32. The van der Waals surface area contributed by atoms with Crippen LogP contribution in [0.1, 0.15) is 53.8 Å². The summed E-state index contributed by atoms with van der Waals surface area (Å²) >= 11 is 0. The van der Waals surface area contributed by atoms with Crippen LogP contribution in [-0.2, 0) is 4.79 Å². The van der Waals surface area contributed by atoms with Crippen LogP contribution in [0.4, 0.5) is 0 Å². The van der Waals surface area contributed by atoms with Gasteiger partial charge < -0.3 is 15.3 Å². The summed E-state index contributed by atoms with van der Waals surface area (Å²) in [6, 6.07) is 5.64. The summed E-state index contributed by atoms with van der Waals surface area (Å²) in [4.78, 5) is 37.7. The molecule has 6 nitrogen and oxygen atoms in total. The summed E-state index contributed by atoms with van der Waals surface area (Å²) in [6.45, 7) is 4.95. The van der Waals surface area contributed by atoms with Gasteiger partial charge in [-0.2, -0.15) is 0 Å². The fourth-order valence-electron chi connectivity index (χ4n) is 2.92. The van der Waals surface area contributed by atoms with Crippen molar-refractivity contribution < 1.29 is 19.5 Å². The summed E-state index contributed by atoms with van der Waals surface area (Å²) in [5.74, 6) is -1.26. The van der Waals surface area contributed by atoms with Gasteiger partial charge in [-0.15, -0.1) is 0 Å². The predicted molar refractivity (Wildman–Crippen MR) is 89.9 cm³/mol. The lowest BCUT2D eigenvalue weighted by molar-refractivity contribution is -0.144. The standard InChI is InChI=1S/C18H24N2O4/c1-3-8-19-16(21)13-5-4-6-14(11-13)17(22)20-9-7-12(2)10-15(20)18(23)24/h4-6,11-12,15H,3,7-10H2,1-2H3,(H,19,21)(H,23,24). The average Bonchev–Trinajstić information content (AvgIpc) is 2.59. The zero-order valence-electron chi connectivity index (χ0n) is 14.1. The minimum absolute atomic E-state index is 0.228. The monoisotopic (exact) mass is 332 g/mol. The molecule has 130 valence electrons. The van der Waals surface area contributed by atoms with Gasteiger partial charge in [0.1, 0.15) is 6.04 Å². The zero-order valence-corrected chi connectivity index (χ0v) is 14.1. The Morgan fingerprint density at radius 3 is 2.67 bits per heavy atom.